The highest BCUT2D eigenvalue weighted by atomic mass is 16.5. The van der Waals surface area contributed by atoms with Crippen LogP contribution >= 0.6 is 0 Å². The number of fused-ring (bicyclic) bond motifs is 1. The highest BCUT2D eigenvalue weighted by Crippen LogP contribution is 2.43. The van der Waals surface area contributed by atoms with E-state index in [1.807, 2.05) is 13.2 Å². The van der Waals surface area contributed by atoms with Crippen molar-refractivity contribution in [3.8, 4) is 5.75 Å². The standard InChI is InChI=1S/C20H31NO3/c1-15(2)14-24-18-6-4-5-16(11-18)13-21-10-9-20(23-3)8-7-17(22)12-19(20)21/h4-6,11,15,17,19,22H,7-10,12-14H2,1-3H3/t17-,19+,20-/m1/s1. The first-order valence-corrected chi connectivity index (χ1v) is 9.21. The Bertz CT molecular complexity index is 547. The normalized spacial score (nSPS) is 30.5. The average Bonchev–Trinajstić information content (AvgIpc) is 2.92. The van der Waals surface area contributed by atoms with Gasteiger partial charge in [0, 0.05) is 26.2 Å². The van der Waals surface area contributed by atoms with E-state index in [9.17, 15) is 5.11 Å². The molecule has 2 fully saturated rings. The Morgan fingerprint density at radius 3 is 2.92 bits per heavy atom. The minimum Gasteiger partial charge on any atom is -0.493 e. The van der Waals surface area contributed by atoms with E-state index in [-0.39, 0.29) is 11.7 Å². The monoisotopic (exact) mass is 333 g/mol. The van der Waals surface area contributed by atoms with Gasteiger partial charge in [0.25, 0.3) is 0 Å². The van der Waals surface area contributed by atoms with E-state index in [0.717, 1.165) is 51.1 Å². The number of methoxy groups -OCH3 is 1. The minimum absolute atomic E-state index is 0.0645. The molecule has 134 valence electrons. The Kier molecular flexibility index (Phi) is 5.48. The number of likely N-dealkylation sites (tertiary alicyclic amines) is 1. The Morgan fingerprint density at radius 1 is 1.33 bits per heavy atom. The highest BCUT2D eigenvalue weighted by Gasteiger charge is 2.50. The van der Waals surface area contributed by atoms with Gasteiger partial charge in [-0.3, -0.25) is 4.90 Å². The molecule has 3 rings (SSSR count). The molecule has 1 N–H and O–H groups in total. The molecule has 0 bridgehead atoms. The quantitative estimate of drug-likeness (QED) is 0.868. The van der Waals surface area contributed by atoms with Crippen molar-refractivity contribution in [2.45, 2.75) is 63.8 Å². The number of aliphatic hydroxyl groups excluding tert-OH is 1. The van der Waals surface area contributed by atoms with Crippen LogP contribution in [0.5, 0.6) is 5.75 Å². The van der Waals surface area contributed by atoms with Crippen molar-refractivity contribution in [2.75, 3.05) is 20.3 Å². The number of nitrogens with zero attached hydrogens (tertiary/aromatic N) is 1. The zero-order valence-electron chi connectivity index (χ0n) is 15.2. The zero-order chi connectivity index (χ0) is 17.2. The number of hydrogen-bond donors (Lipinski definition) is 1. The van der Waals surface area contributed by atoms with Crippen molar-refractivity contribution >= 4 is 0 Å². The molecule has 0 unspecified atom stereocenters. The second kappa shape index (κ2) is 7.42. The molecule has 0 radical (unpaired) electrons. The van der Waals surface area contributed by atoms with Gasteiger partial charge in [0.05, 0.1) is 18.3 Å². The molecule has 0 amide bonds. The van der Waals surface area contributed by atoms with Gasteiger partial charge in [-0.05, 0) is 49.3 Å². The van der Waals surface area contributed by atoms with Crippen LogP contribution in [-0.4, -0.2) is 48.0 Å². The molecule has 1 aromatic rings. The molecule has 0 aromatic heterocycles. The summed E-state index contributed by atoms with van der Waals surface area (Å²) in [6, 6.07) is 8.72. The number of aliphatic hydroxyl groups is 1. The average molecular weight is 333 g/mol. The molecular formula is C20H31NO3. The van der Waals surface area contributed by atoms with Crippen LogP contribution in [0.15, 0.2) is 24.3 Å². The van der Waals surface area contributed by atoms with Gasteiger partial charge in [-0.15, -0.1) is 0 Å². The molecule has 1 heterocycles. The Morgan fingerprint density at radius 2 is 2.17 bits per heavy atom. The molecule has 0 spiro atoms. The van der Waals surface area contributed by atoms with Gasteiger partial charge in [-0.25, -0.2) is 0 Å². The molecule has 2 aliphatic rings. The van der Waals surface area contributed by atoms with E-state index in [1.54, 1.807) is 0 Å². The summed E-state index contributed by atoms with van der Waals surface area (Å²) in [4.78, 5) is 2.48. The summed E-state index contributed by atoms with van der Waals surface area (Å²) in [5, 5.41) is 10.1. The first-order chi connectivity index (χ1) is 11.5. The molecule has 4 heteroatoms. The van der Waals surface area contributed by atoms with E-state index in [1.165, 1.54) is 5.56 Å². The van der Waals surface area contributed by atoms with Crippen LogP contribution in [0, 0.1) is 5.92 Å². The molecule has 1 aliphatic heterocycles. The number of ether oxygens (including phenoxy) is 2. The Labute approximate surface area is 145 Å². The van der Waals surface area contributed by atoms with Crippen LogP contribution in [0.3, 0.4) is 0 Å². The van der Waals surface area contributed by atoms with Gasteiger partial charge in [0.1, 0.15) is 5.75 Å². The third-order valence-corrected chi connectivity index (χ3v) is 5.54. The third-order valence-electron chi connectivity index (χ3n) is 5.54. The lowest BCUT2D eigenvalue weighted by Crippen LogP contribution is -2.51. The fourth-order valence-electron chi connectivity index (χ4n) is 4.19. The zero-order valence-corrected chi connectivity index (χ0v) is 15.2. The third kappa shape index (κ3) is 3.76. The summed E-state index contributed by atoms with van der Waals surface area (Å²) >= 11 is 0. The number of benzene rings is 1. The lowest BCUT2D eigenvalue weighted by Gasteiger charge is -2.42. The van der Waals surface area contributed by atoms with E-state index >= 15 is 0 Å². The maximum absolute atomic E-state index is 10.1. The predicted octanol–water partition coefficient (Wildman–Crippen LogP) is 3.23. The van der Waals surface area contributed by atoms with Crippen molar-refractivity contribution < 1.29 is 14.6 Å². The molecule has 4 nitrogen and oxygen atoms in total. The van der Waals surface area contributed by atoms with Crippen LogP contribution in [0.25, 0.3) is 0 Å². The van der Waals surface area contributed by atoms with Gasteiger partial charge in [-0.2, -0.15) is 0 Å². The largest absolute Gasteiger partial charge is 0.493 e. The van der Waals surface area contributed by atoms with Gasteiger partial charge in [-0.1, -0.05) is 26.0 Å². The molecule has 1 aliphatic carbocycles. The first kappa shape index (κ1) is 17.7. The molecule has 1 saturated heterocycles. The minimum atomic E-state index is -0.195. The Hall–Kier alpha value is -1.10. The predicted molar refractivity (Wildman–Crippen MR) is 95.2 cm³/mol. The van der Waals surface area contributed by atoms with Gasteiger partial charge in [0.15, 0.2) is 0 Å². The van der Waals surface area contributed by atoms with Crippen molar-refractivity contribution in [3.63, 3.8) is 0 Å². The molecular weight excluding hydrogens is 302 g/mol. The summed E-state index contributed by atoms with van der Waals surface area (Å²) in [7, 11) is 1.83. The van der Waals surface area contributed by atoms with Crippen LogP contribution in [-0.2, 0) is 11.3 Å². The van der Waals surface area contributed by atoms with E-state index in [0.29, 0.717) is 12.0 Å². The molecule has 1 saturated carbocycles. The van der Waals surface area contributed by atoms with Gasteiger partial charge >= 0.3 is 0 Å². The highest BCUT2D eigenvalue weighted by molar-refractivity contribution is 5.29. The van der Waals surface area contributed by atoms with Gasteiger partial charge < -0.3 is 14.6 Å². The van der Waals surface area contributed by atoms with Crippen molar-refractivity contribution in [3.05, 3.63) is 29.8 Å². The van der Waals surface area contributed by atoms with Crippen molar-refractivity contribution in [1.29, 1.82) is 0 Å². The van der Waals surface area contributed by atoms with Gasteiger partial charge in [0.2, 0.25) is 0 Å². The second-order valence-electron chi connectivity index (χ2n) is 7.79. The molecule has 24 heavy (non-hydrogen) atoms. The SMILES string of the molecule is CO[C@@]12CC[C@@H](O)C[C@@H]1N(Cc1cccc(OCC(C)C)c1)CC2. The summed E-state index contributed by atoms with van der Waals surface area (Å²) < 4.78 is 11.8. The van der Waals surface area contributed by atoms with E-state index in [2.05, 4.69) is 36.9 Å². The second-order valence-corrected chi connectivity index (χ2v) is 7.79. The summed E-state index contributed by atoms with van der Waals surface area (Å²) in [6.07, 6.45) is 3.50. The molecule has 3 atom stereocenters. The topological polar surface area (TPSA) is 41.9 Å². The fourth-order valence-corrected chi connectivity index (χ4v) is 4.19. The fraction of sp³-hybridized carbons (Fsp3) is 0.700. The van der Waals surface area contributed by atoms with E-state index < -0.39 is 0 Å². The van der Waals surface area contributed by atoms with Crippen LogP contribution in [0.2, 0.25) is 0 Å². The molecule has 1 aromatic carbocycles. The van der Waals surface area contributed by atoms with Crippen LogP contribution in [0.4, 0.5) is 0 Å². The van der Waals surface area contributed by atoms with Crippen molar-refractivity contribution in [1.82, 2.24) is 4.90 Å². The summed E-state index contributed by atoms with van der Waals surface area (Å²) in [5.74, 6) is 1.47. The number of rotatable bonds is 6. The van der Waals surface area contributed by atoms with Crippen LogP contribution in [0.1, 0.15) is 45.1 Å². The smallest absolute Gasteiger partial charge is 0.119 e. The maximum atomic E-state index is 10.1. The Balaban J connectivity index is 1.68. The maximum Gasteiger partial charge on any atom is 0.119 e. The summed E-state index contributed by atoms with van der Waals surface area (Å²) in [5.41, 5.74) is 1.20. The lowest BCUT2D eigenvalue weighted by molar-refractivity contribution is -0.0879. The van der Waals surface area contributed by atoms with E-state index in [4.69, 9.17) is 9.47 Å². The lowest BCUT2D eigenvalue weighted by atomic mass is 9.79. The first-order valence-electron chi connectivity index (χ1n) is 9.21. The van der Waals surface area contributed by atoms with Crippen molar-refractivity contribution in [2.24, 2.45) is 5.92 Å². The summed E-state index contributed by atoms with van der Waals surface area (Å²) in [6.45, 7) is 6.98. The van der Waals surface area contributed by atoms with Crippen LogP contribution < -0.4 is 4.74 Å². The number of hydrogen-bond acceptors (Lipinski definition) is 4.